The summed E-state index contributed by atoms with van der Waals surface area (Å²) in [7, 11) is 3.36. The van der Waals surface area contributed by atoms with Gasteiger partial charge in [-0.3, -0.25) is 24.5 Å². The van der Waals surface area contributed by atoms with Gasteiger partial charge in [-0.1, -0.05) is 0 Å². The number of aryl methyl sites for hydroxylation is 1. The molecule has 0 unspecified atom stereocenters. The van der Waals surface area contributed by atoms with E-state index in [1.165, 1.54) is 4.90 Å². The number of nitrogens with zero attached hydrogens (tertiary/aromatic N) is 3. The zero-order chi connectivity index (χ0) is 18.7. The van der Waals surface area contributed by atoms with Crippen molar-refractivity contribution < 1.29 is 19.1 Å². The summed E-state index contributed by atoms with van der Waals surface area (Å²) in [5, 5.41) is 9.23. The predicted molar refractivity (Wildman–Crippen MR) is 92.6 cm³/mol. The Kier molecular flexibility index (Phi) is 4.99. The number of hydrogen-bond acceptors (Lipinski definition) is 5. The Bertz CT molecular complexity index is 830. The standard InChI is InChI=1S/C17H19N5O4/c1-21-14(7-8-18-21)13(10-26-2)19-16(24)11-3-5-12(6-4-11)22-9-15(23)20-17(22)25/h3-8,13H,9-10H2,1-2H3,(H,19,24)(H,20,23,25)/t13-/m1/s1. The number of carbonyl (C=O) groups is 3. The Morgan fingerprint density at radius 2 is 2.04 bits per heavy atom. The number of ether oxygens (including phenoxy) is 1. The van der Waals surface area contributed by atoms with Crippen LogP contribution in [0.1, 0.15) is 22.1 Å². The molecule has 3 rings (SSSR count). The van der Waals surface area contributed by atoms with Crippen LogP contribution in [0.4, 0.5) is 10.5 Å². The van der Waals surface area contributed by atoms with E-state index in [-0.39, 0.29) is 24.4 Å². The SMILES string of the molecule is COC[C@@H](NC(=O)c1ccc(N2CC(=O)NC2=O)cc1)c1ccnn1C. The van der Waals surface area contributed by atoms with Gasteiger partial charge in [0.15, 0.2) is 0 Å². The first kappa shape index (κ1) is 17.6. The molecule has 1 saturated heterocycles. The number of rotatable bonds is 6. The summed E-state index contributed by atoms with van der Waals surface area (Å²) >= 11 is 0. The summed E-state index contributed by atoms with van der Waals surface area (Å²) in [6.45, 7) is 0.278. The van der Waals surface area contributed by atoms with Crippen LogP contribution >= 0.6 is 0 Å². The van der Waals surface area contributed by atoms with Crippen molar-refractivity contribution in [2.45, 2.75) is 6.04 Å². The summed E-state index contributed by atoms with van der Waals surface area (Å²) in [6.07, 6.45) is 1.65. The molecule has 1 fully saturated rings. The zero-order valence-corrected chi connectivity index (χ0v) is 14.4. The maximum Gasteiger partial charge on any atom is 0.329 e. The number of aromatic nitrogens is 2. The van der Waals surface area contributed by atoms with Crippen LogP contribution in [-0.4, -0.2) is 47.9 Å². The van der Waals surface area contributed by atoms with Crippen LogP contribution in [0.3, 0.4) is 0 Å². The number of carbonyl (C=O) groups excluding carboxylic acids is 3. The highest BCUT2D eigenvalue weighted by molar-refractivity contribution is 6.12. The first-order valence-electron chi connectivity index (χ1n) is 7.98. The predicted octanol–water partition coefficient (Wildman–Crippen LogP) is 0.594. The fourth-order valence-electron chi connectivity index (χ4n) is 2.78. The summed E-state index contributed by atoms with van der Waals surface area (Å²) < 4.78 is 6.87. The number of benzene rings is 1. The Hall–Kier alpha value is -3.20. The van der Waals surface area contributed by atoms with Crippen molar-refractivity contribution in [1.82, 2.24) is 20.4 Å². The molecule has 0 bridgehead atoms. The lowest BCUT2D eigenvalue weighted by Crippen LogP contribution is -2.32. The number of amides is 4. The van der Waals surface area contributed by atoms with Crippen LogP contribution in [0, 0.1) is 0 Å². The fourth-order valence-corrected chi connectivity index (χ4v) is 2.78. The minimum Gasteiger partial charge on any atom is -0.382 e. The molecule has 1 aromatic heterocycles. The van der Waals surface area contributed by atoms with Gasteiger partial charge in [-0.05, 0) is 30.3 Å². The van der Waals surface area contributed by atoms with Gasteiger partial charge in [-0.2, -0.15) is 5.10 Å². The Morgan fingerprint density at radius 1 is 1.31 bits per heavy atom. The van der Waals surface area contributed by atoms with Gasteiger partial charge >= 0.3 is 6.03 Å². The highest BCUT2D eigenvalue weighted by Crippen LogP contribution is 2.19. The monoisotopic (exact) mass is 357 g/mol. The third kappa shape index (κ3) is 3.57. The lowest BCUT2D eigenvalue weighted by Gasteiger charge is -2.19. The average Bonchev–Trinajstić information content (AvgIpc) is 3.19. The van der Waals surface area contributed by atoms with Gasteiger partial charge in [0.05, 0.1) is 18.3 Å². The van der Waals surface area contributed by atoms with E-state index in [0.29, 0.717) is 17.9 Å². The van der Waals surface area contributed by atoms with Crippen LogP contribution in [0.5, 0.6) is 0 Å². The highest BCUT2D eigenvalue weighted by atomic mass is 16.5. The van der Waals surface area contributed by atoms with Crippen molar-refractivity contribution in [3.05, 3.63) is 47.8 Å². The van der Waals surface area contributed by atoms with Crippen molar-refractivity contribution in [2.24, 2.45) is 7.05 Å². The molecule has 0 radical (unpaired) electrons. The molecule has 136 valence electrons. The Morgan fingerprint density at radius 3 is 2.58 bits per heavy atom. The molecule has 2 heterocycles. The summed E-state index contributed by atoms with van der Waals surface area (Å²) in [6, 6.07) is 7.47. The quantitative estimate of drug-likeness (QED) is 0.736. The lowest BCUT2D eigenvalue weighted by molar-refractivity contribution is -0.117. The third-order valence-corrected chi connectivity index (χ3v) is 4.09. The van der Waals surface area contributed by atoms with Crippen LogP contribution in [-0.2, 0) is 16.6 Å². The van der Waals surface area contributed by atoms with E-state index >= 15 is 0 Å². The van der Waals surface area contributed by atoms with Gasteiger partial charge in [0.1, 0.15) is 6.54 Å². The minimum absolute atomic E-state index is 0.0270. The first-order valence-corrected chi connectivity index (χ1v) is 7.98. The van der Waals surface area contributed by atoms with Gasteiger partial charge in [-0.15, -0.1) is 0 Å². The van der Waals surface area contributed by atoms with Gasteiger partial charge in [0.25, 0.3) is 5.91 Å². The minimum atomic E-state index is -0.469. The molecule has 26 heavy (non-hydrogen) atoms. The second-order valence-electron chi connectivity index (χ2n) is 5.85. The maximum atomic E-state index is 12.5. The van der Waals surface area contributed by atoms with Crippen LogP contribution in [0.25, 0.3) is 0 Å². The van der Waals surface area contributed by atoms with E-state index in [4.69, 9.17) is 4.74 Å². The number of hydrogen-bond donors (Lipinski definition) is 2. The Balaban J connectivity index is 1.72. The number of imide groups is 1. The molecule has 1 aliphatic rings. The molecular formula is C17H19N5O4. The fraction of sp³-hybridized carbons (Fsp3) is 0.294. The first-order chi connectivity index (χ1) is 12.5. The number of anilines is 1. The molecule has 0 aliphatic carbocycles. The normalized spacial score (nSPS) is 15.1. The van der Waals surface area contributed by atoms with Crippen molar-refractivity contribution in [1.29, 1.82) is 0 Å². The lowest BCUT2D eigenvalue weighted by atomic mass is 10.1. The summed E-state index contributed by atoms with van der Waals surface area (Å²) in [5.41, 5.74) is 1.80. The van der Waals surface area contributed by atoms with Crippen molar-refractivity contribution >= 4 is 23.5 Å². The van der Waals surface area contributed by atoms with Gasteiger partial charge in [0.2, 0.25) is 5.91 Å². The van der Waals surface area contributed by atoms with E-state index in [0.717, 1.165) is 5.69 Å². The second-order valence-corrected chi connectivity index (χ2v) is 5.85. The highest BCUT2D eigenvalue weighted by Gasteiger charge is 2.28. The van der Waals surface area contributed by atoms with Crippen molar-refractivity contribution in [3.8, 4) is 0 Å². The van der Waals surface area contributed by atoms with Gasteiger partial charge < -0.3 is 10.1 Å². The van der Waals surface area contributed by atoms with E-state index < -0.39 is 6.03 Å². The van der Waals surface area contributed by atoms with Crippen LogP contribution in [0.15, 0.2) is 36.5 Å². The van der Waals surface area contributed by atoms with E-state index in [1.54, 1.807) is 49.3 Å². The van der Waals surface area contributed by atoms with Crippen LogP contribution < -0.4 is 15.5 Å². The van der Waals surface area contributed by atoms with Gasteiger partial charge in [0, 0.05) is 31.6 Å². The average molecular weight is 357 g/mol. The second kappa shape index (κ2) is 7.36. The number of methoxy groups -OCH3 is 1. The smallest absolute Gasteiger partial charge is 0.329 e. The van der Waals surface area contributed by atoms with Crippen molar-refractivity contribution in [3.63, 3.8) is 0 Å². The molecule has 0 saturated carbocycles. The molecule has 1 aromatic carbocycles. The molecule has 0 spiro atoms. The summed E-state index contributed by atoms with van der Waals surface area (Å²) in [5.74, 6) is -0.628. The zero-order valence-electron chi connectivity index (χ0n) is 14.4. The number of nitrogens with one attached hydrogen (secondary N) is 2. The number of urea groups is 1. The molecule has 9 nitrogen and oxygen atoms in total. The van der Waals surface area contributed by atoms with E-state index in [9.17, 15) is 14.4 Å². The molecule has 2 N–H and O–H groups in total. The van der Waals surface area contributed by atoms with Crippen LogP contribution in [0.2, 0.25) is 0 Å². The van der Waals surface area contributed by atoms with Gasteiger partial charge in [-0.25, -0.2) is 4.79 Å². The van der Waals surface area contributed by atoms with Crippen molar-refractivity contribution in [2.75, 3.05) is 25.2 Å². The van der Waals surface area contributed by atoms with E-state index in [2.05, 4.69) is 15.7 Å². The third-order valence-electron chi connectivity index (χ3n) is 4.09. The molecule has 1 aliphatic heterocycles. The molecule has 1 atom stereocenters. The molecule has 2 aromatic rings. The topological polar surface area (TPSA) is 106 Å². The molecular weight excluding hydrogens is 338 g/mol. The van der Waals surface area contributed by atoms with E-state index in [1.807, 2.05) is 6.07 Å². The summed E-state index contributed by atoms with van der Waals surface area (Å²) in [4.78, 5) is 36.8. The Labute approximate surface area is 149 Å². The molecule has 9 heteroatoms. The maximum absolute atomic E-state index is 12.5. The molecule has 4 amide bonds. The largest absolute Gasteiger partial charge is 0.382 e.